The van der Waals surface area contributed by atoms with Gasteiger partial charge in [-0.2, -0.15) is 0 Å². The molecule has 6 nitrogen and oxygen atoms in total. The quantitative estimate of drug-likeness (QED) is 0.482. The van der Waals surface area contributed by atoms with Crippen LogP contribution in [-0.4, -0.2) is 24.3 Å². The van der Waals surface area contributed by atoms with E-state index in [9.17, 15) is 4.79 Å². The van der Waals surface area contributed by atoms with Gasteiger partial charge in [0.05, 0.1) is 6.26 Å². The van der Waals surface area contributed by atoms with Crippen molar-refractivity contribution in [1.29, 1.82) is 0 Å². The number of benzene rings is 2. The lowest BCUT2D eigenvalue weighted by Gasteiger charge is -2.43. The molecule has 0 fully saturated rings. The number of rotatable bonds is 7. The highest BCUT2D eigenvalue weighted by atomic mass is 16.6. The first-order valence-electron chi connectivity index (χ1n) is 10.9. The molecular weight excluding hydrogens is 406 g/mol. The van der Waals surface area contributed by atoms with Crippen molar-refractivity contribution in [3.8, 4) is 5.75 Å². The molecule has 32 heavy (non-hydrogen) atoms. The molecule has 0 spiro atoms. The number of hydrogen-bond acceptors (Lipinski definition) is 6. The zero-order valence-corrected chi connectivity index (χ0v) is 18.9. The van der Waals surface area contributed by atoms with E-state index in [1.54, 1.807) is 12.1 Å². The molecule has 0 amide bonds. The molecule has 0 aliphatic carbocycles. The van der Waals surface area contributed by atoms with E-state index in [0.29, 0.717) is 13.2 Å². The van der Waals surface area contributed by atoms with Gasteiger partial charge in [-0.1, -0.05) is 29.8 Å². The Morgan fingerprint density at radius 3 is 2.59 bits per heavy atom. The van der Waals surface area contributed by atoms with Crippen LogP contribution in [0, 0.1) is 6.92 Å². The highest BCUT2D eigenvalue weighted by Crippen LogP contribution is 2.44. The molecule has 2 aromatic carbocycles. The Hall–Kier alpha value is -3.25. The van der Waals surface area contributed by atoms with Gasteiger partial charge in [0, 0.05) is 24.4 Å². The minimum Gasteiger partial charge on any atom is -0.483 e. The third-order valence-corrected chi connectivity index (χ3v) is 5.57. The molecule has 0 saturated carbocycles. The van der Waals surface area contributed by atoms with E-state index in [4.69, 9.17) is 18.6 Å². The van der Waals surface area contributed by atoms with E-state index in [1.165, 1.54) is 17.4 Å². The van der Waals surface area contributed by atoms with Crippen LogP contribution >= 0.6 is 0 Å². The molecule has 2 atom stereocenters. The summed E-state index contributed by atoms with van der Waals surface area (Å²) in [5.41, 5.74) is 3.42. The van der Waals surface area contributed by atoms with Gasteiger partial charge in [0.15, 0.2) is 6.10 Å². The minimum atomic E-state index is -0.786. The zero-order chi connectivity index (χ0) is 22.7. The van der Waals surface area contributed by atoms with Crippen molar-refractivity contribution >= 4 is 11.7 Å². The molecule has 4 rings (SSSR count). The van der Waals surface area contributed by atoms with Crippen LogP contribution in [0.2, 0.25) is 0 Å². The molecule has 1 aromatic heterocycles. The first-order chi connectivity index (χ1) is 15.4. The number of nitrogens with one attached hydrogen (secondary N) is 1. The molecule has 2 heterocycles. The van der Waals surface area contributed by atoms with Crippen LogP contribution in [0.25, 0.3) is 0 Å². The Bertz CT molecular complexity index is 1060. The van der Waals surface area contributed by atoms with Gasteiger partial charge < -0.3 is 23.9 Å². The summed E-state index contributed by atoms with van der Waals surface area (Å²) in [6.45, 7) is 8.95. The van der Waals surface area contributed by atoms with Crippen LogP contribution in [0.15, 0.2) is 65.3 Å². The number of hydrogen-bond donors (Lipinski definition) is 1. The Labute approximate surface area is 188 Å². The van der Waals surface area contributed by atoms with Gasteiger partial charge in [0.1, 0.15) is 17.5 Å². The largest absolute Gasteiger partial charge is 0.483 e. The molecule has 0 saturated heterocycles. The number of fused-ring (bicyclic) bond motifs is 1. The topological polar surface area (TPSA) is 69.9 Å². The van der Waals surface area contributed by atoms with E-state index >= 15 is 0 Å². The van der Waals surface area contributed by atoms with Gasteiger partial charge in [-0.15, -0.1) is 0 Å². The van der Waals surface area contributed by atoms with E-state index in [1.807, 2.05) is 39.0 Å². The number of esters is 1. The molecule has 6 heteroatoms. The molecule has 1 aliphatic heterocycles. The Morgan fingerprint density at radius 1 is 1.12 bits per heavy atom. The summed E-state index contributed by atoms with van der Waals surface area (Å²) >= 11 is 0. The average molecular weight is 436 g/mol. The fraction of sp³-hybridized carbons (Fsp3) is 0.346. The highest BCUT2D eigenvalue weighted by molar-refractivity contribution is 5.86. The van der Waals surface area contributed by atoms with Crippen molar-refractivity contribution in [2.24, 2.45) is 0 Å². The van der Waals surface area contributed by atoms with Crippen LogP contribution in [0.3, 0.4) is 0 Å². The fourth-order valence-corrected chi connectivity index (χ4v) is 3.88. The molecule has 1 aliphatic rings. The van der Waals surface area contributed by atoms with Crippen LogP contribution in [0.5, 0.6) is 5.75 Å². The van der Waals surface area contributed by atoms with E-state index in [-0.39, 0.29) is 5.76 Å². The van der Waals surface area contributed by atoms with Crippen LogP contribution in [0.4, 0.5) is 5.69 Å². The normalized spacial score (nSPS) is 19.0. The van der Waals surface area contributed by atoms with Crippen molar-refractivity contribution in [2.45, 2.75) is 52.0 Å². The summed E-state index contributed by atoms with van der Waals surface area (Å²) in [7, 11) is 0. The number of carbonyl (C=O) groups is 1. The van der Waals surface area contributed by atoms with Crippen LogP contribution < -0.4 is 10.1 Å². The lowest BCUT2D eigenvalue weighted by atomic mass is 9.87. The monoisotopic (exact) mass is 435 g/mol. The second kappa shape index (κ2) is 9.09. The lowest BCUT2D eigenvalue weighted by Crippen LogP contribution is -2.51. The highest BCUT2D eigenvalue weighted by Gasteiger charge is 2.47. The molecule has 168 valence electrons. The van der Waals surface area contributed by atoms with E-state index < -0.39 is 23.8 Å². The summed E-state index contributed by atoms with van der Waals surface area (Å²) in [5.74, 6) is 0.327. The molecular formula is C26H29NO5. The van der Waals surface area contributed by atoms with Crippen molar-refractivity contribution in [1.82, 2.24) is 0 Å². The maximum Gasteiger partial charge on any atom is 0.374 e. The number of aryl methyl sites for hydroxylation is 1. The predicted molar refractivity (Wildman–Crippen MR) is 122 cm³/mol. The molecule has 2 unspecified atom stereocenters. The predicted octanol–water partition coefficient (Wildman–Crippen LogP) is 5.67. The van der Waals surface area contributed by atoms with Gasteiger partial charge in [-0.25, -0.2) is 4.79 Å². The molecule has 1 N–H and O–H groups in total. The first-order valence-corrected chi connectivity index (χ1v) is 10.9. The molecule has 0 bridgehead atoms. The van der Waals surface area contributed by atoms with Crippen molar-refractivity contribution < 1.29 is 23.4 Å². The van der Waals surface area contributed by atoms with Crippen LogP contribution in [-0.2, 0) is 16.0 Å². The summed E-state index contributed by atoms with van der Waals surface area (Å²) in [6.07, 6.45) is 0.319. The number of carbonyl (C=O) groups excluding carboxylic acids is 1. The average Bonchev–Trinajstić information content (AvgIpc) is 3.31. The third-order valence-electron chi connectivity index (χ3n) is 5.57. The Balaban J connectivity index is 1.59. The summed E-state index contributed by atoms with van der Waals surface area (Å²) in [5, 5.41) is 3.46. The first kappa shape index (κ1) is 22.0. The maximum absolute atomic E-state index is 12.6. The standard InChI is InChI=1S/C26H29NO5/c1-5-29-23-20-15-19(27-16-18-10-8-17(2)9-11-18)12-13-21(20)32-26(3,4)24(23)31-25(28)22-7-6-14-30-22/h6-15,23-24,27H,5,16H2,1-4H3. The number of anilines is 1. The summed E-state index contributed by atoms with van der Waals surface area (Å²) in [4.78, 5) is 12.6. The number of furan rings is 1. The number of ether oxygens (including phenoxy) is 3. The Kier molecular flexibility index (Phi) is 6.24. The van der Waals surface area contributed by atoms with Crippen LogP contribution in [0.1, 0.15) is 54.1 Å². The smallest absolute Gasteiger partial charge is 0.374 e. The fourth-order valence-electron chi connectivity index (χ4n) is 3.88. The van der Waals surface area contributed by atoms with E-state index in [2.05, 4.69) is 36.5 Å². The minimum absolute atomic E-state index is 0.148. The van der Waals surface area contributed by atoms with Crippen molar-refractivity contribution in [2.75, 3.05) is 11.9 Å². The summed E-state index contributed by atoms with van der Waals surface area (Å²) < 4.78 is 23.4. The van der Waals surface area contributed by atoms with E-state index in [0.717, 1.165) is 17.0 Å². The second-order valence-corrected chi connectivity index (χ2v) is 8.48. The third kappa shape index (κ3) is 4.65. The zero-order valence-electron chi connectivity index (χ0n) is 18.9. The lowest BCUT2D eigenvalue weighted by molar-refractivity contribution is -0.138. The van der Waals surface area contributed by atoms with Gasteiger partial charge in [0.2, 0.25) is 5.76 Å². The van der Waals surface area contributed by atoms with Gasteiger partial charge in [-0.3, -0.25) is 0 Å². The second-order valence-electron chi connectivity index (χ2n) is 8.48. The van der Waals surface area contributed by atoms with Gasteiger partial charge in [0.25, 0.3) is 0 Å². The van der Waals surface area contributed by atoms with Gasteiger partial charge >= 0.3 is 5.97 Å². The Morgan fingerprint density at radius 2 is 1.91 bits per heavy atom. The van der Waals surface area contributed by atoms with Gasteiger partial charge in [-0.05, 0) is 63.6 Å². The maximum atomic E-state index is 12.6. The molecule has 0 radical (unpaired) electrons. The molecule has 3 aromatic rings. The van der Waals surface area contributed by atoms with Crippen molar-refractivity contribution in [3.63, 3.8) is 0 Å². The summed E-state index contributed by atoms with van der Waals surface area (Å²) in [6, 6.07) is 17.6. The SMILES string of the molecule is CCOC1c2cc(NCc3ccc(C)cc3)ccc2OC(C)(C)C1OC(=O)c1ccco1. The van der Waals surface area contributed by atoms with Crippen molar-refractivity contribution in [3.05, 3.63) is 83.3 Å².